The lowest BCUT2D eigenvalue weighted by Crippen LogP contribution is -2.49. The number of esters is 1. The molecule has 0 bridgehead atoms. The second kappa shape index (κ2) is 8.27. The van der Waals surface area contributed by atoms with Gasteiger partial charge >= 0.3 is 13.1 Å². The molecule has 0 aromatic carbocycles. The van der Waals surface area contributed by atoms with Gasteiger partial charge in [-0.15, -0.1) is 0 Å². The first-order chi connectivity index (χ1) is 11.8. The maximum absolute atomic E-state index is 12.3. The molecule has 1 fully saturated rings. The molecule has 1 amide bonds. The number of nitrogens with zero attached hydrogens (tertiary/aromatic N) is 2. The number of carbonyl (C=O) groups excluding carboxylic acids is 2. The lowest BCUT2D eigenvalue weighted by molar-refractivity contribution is -0.152. The van der Waals surface area contributed by atoms with E-state index in [2.05, 4.69) is 4.98 Å². The molecule has 1 aromatic rings. The Morgan fingerprint density at radius 1 is 1.32 bits per heavy atom. The van der Waals surface area contributed by atoms with E-state index in [4.69, 9.17) is 14.8 Å². The number of hydrogen-bond donors (Lipinski definition) is 2. The maximum Gasteiger partial charge on any atom is 0.490 e. The molecule has 0 radical (unpaired) electrons. The molecule has 0 unspecified atom stereocenters. The van der Waals surface area contributed by atoms with E-state index < -0.39 is 13.1 Å². The zero-order valence-electron chi connectivity index (χ0n) is 14.7. The zero-order chi connectivity index (χ0) is 18.6. The van der Waals surface area contributed by atoms with Crippen LogP contribution in [0, 0.1) is 0 Å². The molecule has 0 saturated carbocycles. The smallest absolute Gasteiger partial charge is 0.456 e. The minimum absolute atomic E-state index is 0.00315. The van der Waals surface area contributed by atoms with Crippen molar-refractivity contribution >= 4 is 30.5 Å². The summed E-state index contributed by atoms with van der Waals surface area (Å²) in [6, 6.07) is 3.34. The Hall–Kier alpha value is -2.19. The van der Waals surface area contributed by atoms with Crippen LogP contribution >= 0.6 is 0 Å². The maximum atomic E-state index is 12.3. The van der Waals surface area contributed by atoms with Crippen LogP contribution in [0.1, 0.15) is 39.3 Å². The number of pyridine rings is 1. The van der Waals surface area contributed by atoms with Crippen molar-refractivity contribution in [1.82, 2.24) is 9.88 Å². The summed E-state index contributed by atoms with van der Waals surface area (Å²) in [4.78, 5) is 29.1. The Balaban J connectivity index is 2.05. The summed E-state index contributed by atoms with van der Waals surface area (Å²) in [5, 5.41) is 18.2. The van der Waals surface area contributed by atoms with E-state index in [9.17, 15) is 9.59 Å². The molecule has 1 aromatic heterocycles. The quantitative estimate of drug-likeness (QED) is 0.593. The van der Waals surface area contributed by atoms with Gasteiger partial charge in [-0.05, 0) is 38.8 Å². The predicted molar refractivity (Wildman–Crippen MR) is 93.7 cm³/mol. The van der Waals surface area contributed by atoms with Crippen molar-refractivity contribution < 1.29 is 24.4 Å². The van der Waals surface area contributed by atoms with Crippen LogP contribution in [0.25, 0.3) is 6.08 Å². The van der Waals surface area contributed by atoms with Crippen LogP contribution in [0.15, 0.2) is 23.9 Å². The van der Waals surface area contributed by atoms with Gasteiger partial charge in [-0.3, -0.25) is 14.6 Å². The van der Waals surface area contributed by atoms with Crippen molar-refractivity contribution in [3.05, 3.63) is 29.6 Å². The fraction of sp³-hybridized carbons (Fsp3) is 0.471. The van der Waals surface area contributed by atoms with E-state index in [1.54, 1.807) is 17.0 Å². The number of rotatable bonds is 4. The van der Waals surface area contributed by atoms with Gasteiger partial charge in [-0.2, -0.15) is 0 Å². The second-order valence-corrected chi connectivity index (χ2v) is 6.38. The number of piperidine rings is 1. The highest BCUT2D eigenvalue weighted by atomic mass is 16.5. The molecule has 1 aliphatic rings. The molecule has 25 heavy (non-hydrogen) atoms. The summed E-state index contributed by atoms with van der Waals surface area (Å²) in [5.74, 6) is -0.651. The van der Waals surface area contributed by atoms with Gasteiger partial charge in [0.1, 0.15) is 0 Å². The van der Waals surface area contributed by atoms with E-state index in [0.717, 1.165) is 5.69 Å². The van der Waals surface area contributed by atoms with Crippen molar-refractivity contribution in [3.8, 4) is 0 Å². The first-order valence-corrected chi connectivity index (χ1v) is 8.24. The van der Waals surface area contributed by atoms with Gasteiger partial charge in [0.15, 0.2) is 6.61 Å². The standard InChI is InChI=1S/C17H23BN2O5/c1-11-6-14(8-16-5-4-15(9-19-16)18(23)24)7-12(2)20(11)17(22)10-25-13(3)21/h4-5,8-9,11-12,23-24H,6-7,10H2,1-3H3/t11-,12+. The Morgan fingerprint density at radius 3 is 2.44 bits per heavy atom. The van der Waals surface area contributed by atoms with Gasteiger partial charge in [0, 0.05) is 30.7 Å². The Kier molecular flexibility index (Phi) is 6.33. The van der Waals surface area contributed by atoms with Crippen molar-refractivity contribution in [2.24, 2.45) is 0 Å². The molecular weight excluding hydrogens is 323 g/mol. The molecule has 0 spiro atoms. The average molecular weight is 346 g/mol. The number of likely N-dealkylation sites (tertiary alicyclic amines) is 1. The van der Waals surface area contributed by atoms with E-state index in [-0.39, 0.29) is 24.6 Å². The van der Waals surface area contributed by atoms with E-state index in [0.29, 0.717) is 18.3 Å². The summed E-state index contributed by atoms with van der Waals surface area (Å²) in [6.45, 7) is 4.99. The molecule has 1 saturated heterocycles. The highest BCUT2D eigenvalue weighted by molar-refractivity contribution is 6.58. The summed E-state index contributed by atoms with van der Waals surface area (Å²) in [6.07, 6.45) is 4.82. The van der Waals surface area contributed by atoms with E-state index >= 15 is 0 Å². The molecule has 1 aliphatic heterocycles. The van der Waals surface area contributed by atoms with Crippen molar-refractivity contribution in [3.63, 3.8) is 0 Å². The number of aromatic nitrogens is 1. The molecule has 2 heterocycles. The van der Waals surface area contributed by atoms with Crippen molar-refractivity contribution in [1.29, 1.82) is 0 Å². The minimum Gasteiger partial charge on any atom is -0.456 e. The SMILES string of the molecule is CC(=O)OCC(=O)N1[C@H](C)CC(=Cc2ccc(B(O)O)cn2)C[C@@H]1C. The fourth-order valence-electron chi connectivity index (χ4n) is 3.18. The van der Waals surface area contributed by atoms with Crippen molar-refractivity contribution in [2.75, 3.05) is 6.61 Å². The van der Waals surface area contributed by atoms with Crippen LogP contribution in [-0.4, -0.2) is 57.6 Å². The average Bonchev–Trinajstić information content (AvgIpc) is 2.52. The fourth-order valence-corrected chi connectivity index (χ4v) is 3.18. The van der Waals surface area contributed by atoms with E-state index in [1.165, 1.54) is 18.7 Å². The summed E-state index contributed by atoms with van der Waals surface area (Å²) >= 11 is 0. The third kappa shape index (κ3) is 5.14. The highest BCUT2D eigenvalue weighted by Crippen LogP contribution is 2.28. The first-order valence-electron chi connectivity index (χ1n) is 8.24. The van der Waals surface area contributed by atoms with E-state index in [1.807, 2.05) is 19.9 Å². The Bertz CT molecular complexity index is 646. The third-order valence-electron chi connectivity index (χ3n) is 4.21. The topological polar surface area (TPSA) is 100.0 Å². The molecule has 134 valence electrons. The molecule has 2 atom stereocenters. The molecule has 2 rings (SSSR count). The van der Waals surface area contributed by atoms with Crippen molar-refractivity contribution in [2.45, 2.75) is 45.7 Å². The van der Waals surface area contributed by atoms with Crippen LogP contribution < -0.4 is 5.46 Å². The van der Waals surface area contributed by atoms with Crippen LogP contribution in [-0.2, 0) is 14.3 Å². The molecule has 7 nitrogen and oxygen atoms in total. The first kappa shape index (κ1) is 19.1. The molecule has 0 aliphatic carbocycles. The second-order valence-electron chi connectivity index (χ2n) is 6.38. The van der Waals surface area contributed by atoms with Gasteiger partial charge in [0.05, 0.1) is 5.69 Å². The van der Waals surface area contributed by atoms with Gasteiger partial charge < -0.3 is 19.7 Å². The highest BCUT2D eigenvalue weighted by Gasteiger charge is 2.31. The third-order valence-corrected chi connectivity index (χ3v) is 4.21. The number of amides is 1. The number of ether oxygens (including phenoxy) is 1. The zero-order valence-corrected chi connectivity index (χ0v) is 14.7. The predicted octanol–water partition coefficient (Wildman–Crippen LogP) is 0.107. The summed E-state index contributed by atoms with van der Waals surface area (Å²) in [7, 11) is -1.53. The largest absolute Gasteiger partial charge is 0.490 e. The number of hydrogen-bond acceptors (Lipinski definition) is 6. The Labute approximate surface area is 147 Å². The normalized spacial score (nSPS) is 22.0. The van der Waals surface area contributed by atoms with Gasteiger partial charge in [-0.1, -0.05) is 11.6 Å². The lowest BCUT2D eigenvalue weighted by atomic mass is 9.81. The molecule has 2 N–H and O–H groups in total. The monoisotopic (exact) mass is 346 g/mol. The Morgan fingerprint density at radius 2 is 1.96 bits per heavy atom. The van der Waals surface area contributed by atoms with Gasteiger partial charge in [0.25, 0.3) is 5.91 Å². The summed E-state index contributed by atoms with van der Waals surface area (Å²) < 4.78 is 4.81. The summed E-state index contributed by atoms with van der Waals surface area (Å²) in [5.41, 5.74) is 2.24. The van der Waals surface area contributed by atoms with Gasteiger partial charge in [0.2, 0.25) is 0 Å². The lowest BCUT2D eigenvalue weighted by Gasteiger charge is -2.40. The molecule has 8 heteroatoms. The van der Waals surface area contributed by atoms with Crippen LogP contribution in [0.2, 0.25) is 0 Å². The van der Waals surface area contributed by atoms with Crippen LogP contribution in [0.4, 0.5) is 0 Å². The minimum atomic E-state index is -1.53. The number of carbonyl (C=O) groups is 2. The van der Waals surface area contributed by atoms with Crippen LogP contribution in [0.3, 0.4) is 0 Å². The van der Waals surface area contributed by atoms with Gasteiger partial charge in [-0.25, -0.2) is 0 Å². The molecular formula is C17H23BN2O5. The van der Waals surface area contributed by atoms with Crippen LogP contribution in [0.5, 0.6) is 0 Å².